The van der Waals surface area contributed by atoms with E-state index in [2.05, 4.69) is 20.3 Å². The number of pyridine rings is 1. The number of aromatic nitrogens is 3. The molecule has 126 valence electrons. The number of ether oxygens (including phenoxy) is 1. The summed E-state index contributed by atoms with van der Waals surface area (Å²) in [7, 11) is 3.39. The Kier molecular flexibility index (Phi) is 5.00. The highest BCUT2D eigenvalue weighted by Gasteiger charge is 2.28. The molecule has 0 spiro atoms. The van der Waals surface area contributed by atoms with Crippen LogP contribution in [-0.4, -0.2) is 59.1 Å². The Labute approximate surface area is 141 Å². The van der Waals surface area contributed by atoms with Crippen molar-refractivity contribution in [3.63, 3.8) is 0 Å². The minimum atomic E-state index is -0.165. The van der Waals surface area contributed by atoms with Crippen molar-refractivity contribution >= 4 is 11.7 Å². The second-order valence-electron chi connectivity index (χ2n) is 6.10. The Bertz CT molecular complexity index is 692. The molecule has 0 aliphatic carbocycles. The fourth-order valence-electron chi connectivity index (χ4n) is 2.74. The van der Waals surface area contributed by atoms with E-state index in [0.29, 0.717) is 30.6 Å². The minimum Gasteiger partial charge on any atom is -0.379 e. The molecule has 0 aromatic carbocycles. The van der Waals surface area contributed by atoms with E-state index in [1.165, 1.54) is 16.7 Å². The first-order valence-electron chi connectivity index (χ1n) is 7.90. The molecule has 0 bridgehead atoms. The van der Waals surface area contributed by atoms with Crippen molar-refractivity contribution in [3.05, 3.63) is 48.2 Å². The topological polar surface area (TPSA) is 80.2 Å². The molecule has 1 aliphatic heterocycles. The van der Waals surface area contributed by atoms with Crippen molar-refractivity contribution < 1.29 is 9.53 Å². The predicted molar refractivity (Wildman–Crippen MR) is 89.7 cm³/mol. The van der Waals surface area contributed by atoms with Gasteiger partial charge in [0.05, 0.1) is 31.6 Å². The van der Waals surface area contributed by atoms with Gasteiger partial charge in [0.1, 0.15) is 11.5 Å². The Morgan fingerprint density at radius 3 is 2.79 bits per heavy atom. The zero-order valence-electron chi connectivity index (χ0n) is 13.8. The van der Waals surface area contributed by atoms with Crippen molar-refractivity contribution in [2.45, 2.75) is 12.5 Å². The molecule has 1 N–H and O–H groups in total. The van der Waals surface area contributed by atoms with Gasteiger partial charge in [0.25, 0.3) is 5.91 Å². The van der Waals surface area contributed by atoms with Crippen LogP contribution in [0.15, 0.2) is 36.9 Å². The molecule has 24 heavy (non-hydrogen) atoms. The number of hydrogen-bond acceptors (Lipinski definition) is 6. The van der Waals surface area contributed by atoms with Crippen molar-refractivity contribution in [1.29, 1.82) is 0 Å². The second kappa shape index (κ2) is 7.35. The number of nitrogens with one attached hydrogen (secondary N) is 1. The molecule has 1 saturated heterocycles. The van der Waals surface area contributed by atoms with E-state index in [0.717, 1.165) is 6.42 Å². The van der Waals surface area contributed by atoms with Crippen LogP contribution in [-0.2, 0) is 11.2 Å². The lowest BCUT2D eigenvalue weighted by Gasteiger charge is -2.20. The highest BCUT2D eigenvalue weighted by molar-refractivity contribution is 5.91. The first-order valence-corrected chi connectivity index (χ1v) is 7.90. The normalized spacial score (nSPS) is 19.9. The van der Waals surface area contributed by atoms with Gasteiger partial charge in [-0.1, -0.05) is 0 Å². The molecule has 0 saturated carbocycles. The lowest BCUT2D eigenvalue weighted by molar-refractivity contribution is 0.0821. The third-order valence-corrected chi connectivity index (χ3v) is 4.04. The molecule has 1 amide bonds. The van der Waals surface area contributed by atoms with Gasteiger partial charge in [-0.25, -0.2) is 4.98 Å². The third-order valence-electron chi connectivity index (χ3n) is 4.04. The molecule has 2 atom stereocenters. The van der Waals surface area contributed by atoms with Crippen LogP contribution in [0.2, 0.25) is 0 Å². The molecule has 3 heterocycles. The van der Waals surface area contributed by atoms with Gasteiger partial charge in [-0.15, -0.1) is 0 Å². The molecule has 1 aliphatic rings. The molecule has 7 heteroatoms. The van der Waals surface area contributed by atoms with Crippen LogP contribution in [0.25, 0.3) is 0 Å². The molecule has 0 unspecified atom stereocenters. The molecular formula is C17H21N5O2. The van der Waals surface area contributed by atoms with Gasteiger partial charge < -0.3 is 15.0 Å². The number of rotatable bonds is 5. The number of anilines is 1. The monoisotopic (exact) mass is 327 g/mol. The van der Waals surface area contributed by atoms with Crippen LogP contribution in [0.3, 0.4) is 0 Å². The summed E-state index contributed by atoms with van der Waals surface area (Å²) in [5, 5.41) is 3.36. The van der Waals surface area contributed by atoms with E-state index in [-0.39, 0.29) is 11.9 Å². The summed E-state index contributed by atoms with van der Waals surface area (Å²) in [6, 6.07) is 4.18. The van der Waals surface area contributed by atoms with E-state index in [1.54, 1.807) is 32.7 Å². The first kappa shape index (κ1) is 16.3. The number of carbonyl (C=O) groups excluding carboxylic acids is 1. The number of hydrogen-bond donors (Lipinski definition) is 1. The van der Waals surface area contributed by atoms with Crippen molar-refractivity contribution in [2.24, 2.45) is 5.92 Å². The summed E-state index contributed by atoms with van der Waals surface area (Å²) in [5.74, 6) is 0.766. The van der Waals surface area contributed by atoms with Crippen LogP contribution in [0, 0.1) is 5.92 Å². The average molecular weight is 327 g/mol. The van der Waals surface area contributed by atoms with Crippen molar-refractivity contribution in [3.8, 4) is 0 Å². The summed E-state index contributed by atoms with van der Waals surface area (Å²) < 4.78 is 5.63. The Morgan fingerprint density at radius 1 is 1.25 bits per heavy atom. The standard InChI is InChI=1S/C17H21N5O2/c1-22(2)17(23)14-8-19-9-16(20-14)21-15-11-24-10-13(15)7-12-3-5-18-6-4-12/h3-6,8-9,13,15H,7,10-11H2,1-2H3,(H,20,21)/t13-,15+/m1/s1. The Balaban J connectivity index is 1.68. The molecule has 3 rings (SSSR count). The first-order chi connectivity index (χ1) is 11.6. The van der Waals surface area contributed by atoms with Gasteiger partial charge in [-0.2, -0.15) is 0 Å². The molecule has 2 aromatic heterocycles. The van der Waals surface area contributed by atoms with Crippen LogP contribution >= 0.6 is 0 Å². The Morgan fingerprint density at radius 2 is 2.04 bits per heavy atom. The molecule has 2 aromatic rings. The highest BCUT2D eigenvalue weighted by Crippen LogP contribution is 2.22. The van der Waals surface area contributed by atoms with Crippen LogP contribution in [0.4, 0.5) is 5.82 Å². The zero-order valence-corrected chi connectivity index (χ0v) is 13.8. The lowest BCUT2D eigenvalue weighted by atomic mass is 9.95. The van der Waals surface area contributed by atoms with E-state index < -0.39 is 0 Å². The SMILES string of the molecule is CN(C)C(=O)c1cncc(N[C@H]2COC[C@H]2Cc2ccncc2)n1. The van der Waals surface area contributed by atoms with Crippen LogP contribution in [0.5, 0.6) is 0 Å². The number of amides is 1. The molecule has 7 nitrogen and oxygen atoms in total. The van der Waals surface area contributed by atoms with Gasteiger partial charge >= 0.3 is 0 Å². The van der Waals surface area contributed by atoms with Crippen LogP contribution < -0.4 is 5.32 Å². The molecule has 0 radical (unpaired) electrons. The van der Waals surface area contributed by atoms with Crippen molar-refractivity contribution in [1.82, 2.24) is 19.9 Å². The molecule has 1 fully saturated rings. The van der Waals surface area contributed by atoms with Crippen LogP contribution in [0.1, 0.15) is 16.1 Å². The maximum atomic E-state index is 12.0. The summed E-state index contributed by atoms with van der Waals surface area (Å²) in [6.45, 7) is 1.31. The zero-order chi connectivity index (χ0) is 16.9. The largest absolute Gasteiger partial charge is 0.379 e. The Hall–Kier alpha value is -2.54. The minimum absolute atomic E-state index is 0.136. The summed E-state index contributed by atoms with van der Waals surface area (Å²) in [4.78, 5) is 26.0. The number of nitrogens with zero attached hydrogens (tertiary/aromatic N) is 4. The van der Waals surface area contributed by atoms with Gasteiger partial charge in [0.2, 0.25) is 0 Å². The number of carbonyl (C=O) groups is 1. The average Bonchev–Trinajstić information content (AvgIpc) is 3.02. The summed E-state index contributed by atoms with van der Waals surface area (Å²) >= 11 is 0. The maximum Gasteiger partial charge on any atom is 0.273 e. The van der Waals surface area contributed by atoms with E-state index in [9.17, 15) is 4.79 Å². The lowest BCUT2D eigenvalue weighted by Crippen LogP contribution is -2.30. The maximum absolute atomic E-state index is 12.0. The van der Waals surface area contributed by atoms with Crippen molar-refractivity contribution in [2.75, 3.05) is 32.6 Å². The predicted octanol–water partition coefficient (Wildman–Crippen LogP) is 1.24. The quantitative estimate of drug-likeness (QED) is 0.890. The highest BCUT2D eigenvalue weighted by atomic mass is 16.5. The van der Waals surface area contributed by atoms with E-state index in [4.69, 9.17) is 4.74 Å². The fraction of sp³-hybridized carbons (Fsp3) is 0.412. The van der Waals surface area contributed by atoms with Gasteiger partial charge in [-0.3, -0.25) is 14.8 Å². The van der Waals surface area contributed by atoms with E-state index in [1.807, 2.05) is 12.1 Å². The molecular weight excluding hydrogens is 306 g/mol. The fourth-order valence-corrected chi connectivity index (χ4v) is 2.74. The summed E-state index contributed by atoms with van der Waals surface area (Å²) in [6.07, 6.45) is 7.62. The smallest absolute Gasteiger partial charge is 0.273 e. The summed E-state index contributed by atoms with van der Waals surface area (Å²) in [5.41, 5.74) is 1.56. The second-order valence-corrected chi connectivity index (χ2v) is 6.10. The van der Waals surface area contributed by atoms with Gasteiger partial charge in [0, 0.05) is 32.4 Å². The van der Waals surface area contributed by atoms with Gasteiger partial charge in [0.15, 0.2) is 0 Å². The van der Waals surface area contributed by atoms with Gasteiger partial charge in [-0.05, 0) is 24.1 Å². The van der Waals surface area contributed by atoms with E-state index >= 15 is 0 Å². The third kappa shape index (κ3) is 3.86.